The number of hydrogen-bond donors (Lipinski definition) is 2. The number of rotatable bonds is 9. The maximum absolute atomic E-state index is 12.6. The topological polar surface area (TPSA) is 93.7 Å². The summed E-state index contributed by atoms with van der Waals surface area (Å²) in [4.78, 5) is 12.6. The number of aryl methyl sites for hydroxylation is 1. The van der Waals surface area contributed by atoms with Crippen molar-refractivity contribution in [2.75, 3.05) is 19.5 Å². The van der Waals surface area contributed by atoms with E-state index in [4.69, 9.17) is 9.47 Å². The Kier molecular flexibility index (Phi) is 7.92. The molecule has 0 unspecified atom stereocenters. The van der Waals surface area contributed by atoms with Crippen molar-refractivity contribution in [1.82, 2.24) is 4.72 Å². The lowest BCUT2D eigenvalue weighted by atomic mass is 9.96. The van der Waals surface area contributed by atoms with Gasteiger partial charge in [-0.2, -0.15) is 0 Å². The summed E-state index contributed by atoms with van der Waals surface area (Å²) in [7, 11) is -0.420. The lowest BCUT2D eigenvalue weighted by Gasteiger charge is -2.22. The van der Waals surface area contributed by atoms with Gasteiger partial charge < -0.3 is 14.8 Å². The highest BCUT2D eigenvalue weighted by molar-refractivity contribution is 7.89. The van der Waals surface area contributed by atoms with Gasteiger partial charge in [0.05, 0.1) is 24.8 Å². The maximum Gasteiger partial charge on any atom is 0.240 e. The highest BCUT2D eigenvalue weighted by Crippen LogP contribution is 2.29. The molecule has 0 heterocycles. The molecule has 1 fully saturated rings. The normalized spacial score (nSPS) is 14.8. The Balaban J connectivity index is 1.54. The molecule has 168 valence electrons. The van der Waals surface area contributed by atoms with E-state index in [1.54, 1.807) is 49.6 Å². The smallest absolute Gasteiger partial charge is 0.240 e. The Morgan fingerprint density at radius 2 is 1.71 bits per heavy atom. The van der Waals surface area contributed by atoms with Gasteiger partial charge in [-0.15, -0.1) is 0 Å². The van der Waals surface area contributed by atoms with E-state index in [0.29, 0.717) is 23.6 Å². The van der Waals surface area contributed by atoms with Gasteiger partial charge in [0.25, 0.3) is 0 Å². The van der Waals surface area contributed by atoms with Crippen LogP contribution in [0.3, 0.4) is 0 Å². The van der Waals surface area contributed by atoms with Crippen LogP contribution in [-0.4, -0.2) is 34.6 Å². The molecule has 2 N–H and O–H groups in total. The summed E-state index contributed by atoms with van der Waals surface area (Å²) in [5, 5.41) is 2.84. The van der Waals surface area contributed by atoms with E-state index in [1.165, 1.54) is 13.5 Å². The van der Waals surface area contributed by atoms with Crippen molar-refractivity contribution in [3.05, 3.63) is 48.0 Å². The fraction of sp³-hybridized carbons (Fsp3) is 0.435. The quantitative estimate of drug-likeness (QED) is 0.610. The van der Waals surface area contributed by atoms with Crippen LogP contribution in [0.25, 0.3) is 0 Å². The molecule has 0 aliphatic heterocycles. The van der Waals surface area contributed by atoms with Gasteiger partial charge in [0.15, 0.2) is 0 Å². The number of amides is 1. The molecular formula is C23H30N2O5S. The van der Waals surface area contributed by atoms with Crippen molar-refractivity contribution in [3.63, 3.8) is 0 Å². The van der Waals surface area contributed by atoms with Crippen LogP contribution in [0, 0.1) is 0 Å². The zero-order valence-corrected chi connectivity index (χ0v) is 18.8. The van der Waals surface area contributed by atoms with E-state index >= 15 is 0 Å². The summed E-state index contributed by atoms with van der Waals surface area (Å²) < 4.78 is 38.4. The lowest BCUT2D eigenvalue weighted by Crippen LogP contribution is -2.36. The first kappa shape index (κ1) is 23.1. The third-order valence-electron chi connectivity index (χ3n) is 5.48. The van der Waals surface area contributed by atoms with Crippen molar-refractivity contribution in [2.24, 2.45) is 0 Å². The number of methoxy groups -OCH3 is 2. The van der Waals surface area contributed by atoms with Crippen LogP contribution in [0.15, 0.2) is 47.4 Å². The molecule has 1 saturated carbocycles. The number of hydrogen-bond acceptors (Lipinski definition) is 5. The monoisotopic (exact) mass is 446 g/mol. The highest BCUT2D eigenvalue weighted by atomic mass is 32.2. The second-order valence-corrected chi connectivity index (χ2v) is 9.43. The van der Waals surface area contributed by atoms with Crippen LogP contribution >= 0.6 is 0 Å². The van der Waals surface area contributed by atoms with E-state index in [9.17, 15) is 13.2 Å². The minimum absolute atomic E-state index is 0.0251. The van der Waals surface area contributed by atoms with Crippen molar-refractivity contribution >= 4 is 21.6 Å². The number of anilines is 1. The van der Waals surface area contributed by atoms with Crippen LogP contribution in [0.4, 0.5) is 5.69 Å². The summed E-state index contributed by atoms with van der Waals surface area (Å²) in [6.45, 7) is 0. The fourth-order valence-corrected chi connectivity index (χ4v) is 5.02. The predicted octanol–water partition coefficient (Wildman–Crippen LogP) is 3.89. The van der Waals surface area contributed by atoms with Crippen molar-refractivity contribution in [2.45, 2.75) is 55.9 Å². The van der Waals surface area contributed by atoms with E-state index in [1.807, 2.05) is 0 Å². The molecule has 1 amide bonds. The molecule has 0 spiro atoms. The molecular weight excluding hydrogens is 416 g/mol. The Hall–Kier alpha value is -2.58. The third-order valence-corrected chi connectivity index (χ3v) is 7.02. The van der Waals surface area contributed by atoms with Crippen LogP contribution in [0.2, 0.25) is 0 Å². The Morgan fingerprint density at radius 3 is 2.35 bits per heavy atom. The van der Waals surface area contributed by atoms with Gasteiger partial charge in [-0.3, -0.25) is 4.79 Å². The van der Waals surface area contributed by atoms with Gasteiger partial charge in [-0.1, -0.05) is 31.4 Å². The van der Waals surface area contributed by atoms with Gasteiger partial charge >= 0.3 is 0 Å². The average Bonchev–Trinajstić information content (AvgIpc) is 2.78. The zero-order chi connectivity index (χ0) is 22.3. The molecule has 7 nitrogen and oxygen atoms in total. The SMILES string of the molecule is COc1ccc(NC(=O)CCc2ccc(S(=O)(=O)NC3CCCCC3)cc2)c(OC)c1. The molecule has 2 aromatic rings. The molecule has 2 aromatic carbocycles. The Bertz CT molecular complexity index is 984. The number of ether oxygens (including phenoxy) is 2. The first-order chi connectivity index (χ1) is 14.9. The van der Waals surface area contributed by atoms with E-state index in [2.05, 4.69) is 10.0 Å². The number of nitrogens with one attached hydrogen (secondary N) is 2. The summed E-state index contributed by atoms with van der Waals surface area (Å²) in [5.74, 6) is 1.01. The Labute approximate surface area is 184 Å². The standard InChI is InChI=1S/C23H30N2O5S/c1-29-19-11-14-21(22(16-19)30-2)24-23(26)15-10-17-8-12-20(13-9-17)31(27,28)25-18-6-4-3-5-7-18/h8-9,11-14,16,18,25H,3-7,10,15H2,1-2H3,(H,24,26). The molecule has 0 bridgehead atoms. The van der Waals surface area contributed by atoms with Crippen molar-refractivity contribution in [1.29, 1.82) is 0 Å². The summed E-state index contributed by atoms with van der Waals surface area (Å²) in [5.41, 5.74) is 1.47. The molecule has 8 heteroatoms. The van der Waals surface area contributed by atoms with Crippen LogP contribution in [0.1, 0.15) is 44.1 Å². The van der Waals surface area contributed by atoms with E-state index < -0.39 is 10.0 Å². The summed E-state index contributed by atoms with van der Waals surface area (Å²) in [6.07, 6.45) is 5.86. The molecule has 0 aromatic heterocycles. The van der Waals surface area contributed by atoms with Crippen molar-refractivity contribution < 1.29 is 22.7 Å². The Morgan fingerprint density at radius 1 is 1.00 bits per heavy atom. The number of carbonyl (C=O) groups excluding carboxylic acids is 1. The van der Waals surface area contributed by atoms with Crippen LogP contribution in [0.5, 0.6) is 11.5 Å². The lowest BCUT2D eigenvalue weighted by molar-refractivity contribution is -0.116. The third kappa shape index (κ3) is 6.45. The average molecular weight is 447 g/mol. The second-order valence-electron chi connectivity index (χ2n) is 7.71. The number of benzene rings is 2. The van der Waals surface area contributed by atoms with Gasteiger partial charge in [0.1, 0.15) is 11.5 Å². The maximum atomic E-state index is 12.6. The van der Waals surface area contributed by atoms with Gasteiger partial charge in [0, 0.05) is 18.5 Å². The summed E-state index contributed by atoms with van der Waals surface area (Å²) in [6, 6.07) is 11.9. The predicted molar refractivity (Wildman–Crippen MR) is 120 cm³/mol. The van der Waals surface area contributed by atoms with Crippen LogP contribution < -0.4 is 19.5 Å². The molecule has 3 rings (SSSR count). The molecule has 0 radical (unpaired) electrons. The van der Waals surface area contributed by atoms with Gasteiger partial charge in [-0.25, -0.2) is 13.1 Å². The minimum atomic E-state index is -3.52. The second kappa shape index (κ2) is 10.6. The first-order valence-electron chi connectivity index (χ1n) is 10.5. The van der Waals surface area contributed by atoms with Crippen molar-refractivity contribution in [3.8, 4) is 11.5 Å². The first-order valence-corrected chi connectivity index (χ1v) is 12.0. The molecule has 0 saturated heterocycles. The fourth-order valence-electron chi connectivity index (χ4n) is 3.72. The number of sulfonamides is 1. The molecule has 31 heavy (non-hydrogen) atoms. The van der Waals surface area contributed by atoms with Gasteiger partial charge in [0.2, 0.25) is 15.9 Å². The van der Waals surface area contributed by atoms with Crippen LogP contribution in [-0.2, 0) is 21.2 Å². The minimum Gasteiger partial charge on any atom is -0.497 e. The highest BCUT2D eigenvalue weighted by Gasteiger charge is 2.21. The van der Waals surface area contributed by atoms with E-state index in [-0.39, 0.29) is 23.3 Å². The zero-order valence-electron chi connectivity index (χ0n) is 18.0. The summed E-state index contributed by atoms with van der Waals surface area (Å²) >= 11 is 0. The largest absolute Gasteiger partial charge is 0.497 e. The van der Waals surface area contributed by atoms with E-state index in [0.717, 1.165) is 31.2 Å². The van der Waals surface area contributed by atoms with Gasteiger partial charge in [-0.05, 0) is 49.1 Å². The molecule has 1 aliphatic carbocycles. The molecule has 1 aliphatic rings. The molecule has 0 atom stereocenters. The number of carbonyl (C=O) groups is 1.